The van der Waals surface area contributed by atoms with E-state index >= 15 is 0 Å². The van der Waals surface area contributed by atoms with Crippen LogP contribution in [0, 0.1) is 5.82 Å². The van der Waals surface area contributed by atoms with Crippen LogP contribution in [0.1, 0.15) is 15.9 Å². The first-order chi connectivity index (χ1) is 13.2. The van der Waals surface area contributed by atoms with Crippen molar-refractivity contribution in [2.24, 2.45) is 0 Å². The van der Waals surface area contributed by atoms with Crippen molar-refractivity contribution < 1.29 is 13.9 Å². The van der Waals surface area contributed by atoms with Gasteiger partial charge >= 0.3 is 0 Å². The fraction of sp³-hybridized carbons (Fsp3) is 0. The van der Waals surface area contributed by atoms with Crippen LogP contribution in [0.2, 0.25) is 0 Å². The molecule has 3 nitrogen and oxygen atoms in total. The third kappa shape index (κ3) is 2.54. The summed E-state index contributed by atoms with van der Waals surface area (Å²) in [5.74, 6) is 0.418. The van der Waals surface area contributed by atoms with Gasteiger partial charge in [0.1, 0.15) is 11.6 Å². The zero-order valence-electron chi connectivity index (χ0n) is 14.2. The van der Waals surface area contributed by atoms with E-state index in [1.165, 1.54) is 12.1 Å². The second kappa shape index (κ2) is 5.95. The summed E-state index contributed by atoms with van der Waals surface area (Å²) >= 11 is 0. The number of carbonyl (C=O) groups is 1. The first kappa shape index (κ1) is 15.6. The summed E-state index contributed by atoms with van der Waals surface area (Å²) in [6, 6.07) is 21.3. The number of carbonyl (C=O) groups excluding carboxylic acids is 1. The number of nitrogens with one attached hydrogen (secondary N) is 1. The number of fused-ring (bicyclic) bond motifs is 2. The second-order valence-corrected chi connectivity index (χ2v) is 6.40. The second-order valence-electron chi connectivity index (χ2n) is 6.40. The molecular formula is C23H14FNO2. The van der Waals surface area contributed by atoms with E-state index < -0.39 is 0 Å². The zero-order valence-corrected chi connectivity index (χ0v) is 14.2. The van der Waals surface area contributed by atoms with Crippen LogP contribution in [0.4, 0.5) is 4.39 Å². The highest BCUT2D eigenvalue weighted by molar-refractivity contribution is 6.15. The fourth-order valence-corrected chi connectivity index (χ4v) is 3.42. The molecule has 27 heavy (non-hydrogen) atoms. The SMILES string of the molecule is O=C1C(=Cc2c(-c3ccc(F)cc3)[nH]c3ccccc23)Oc2ccccc21. The summed E-state index contributed by atoms with van der Waals surface area (Å²) in [5.41, 5.74) is 3.99. The lowest BCUT2D eigenvalue weighted by atomic mass is 10.0. The van der Waals surface area contributed by atoms with E-state index in [-0.39, 0.29) is 17.4 Å². The molecule has 0 unspecified atom stereocenters. The number of rotatable bonds is 2. The number of hydrogen-bond donors (Lipinski definition) is 1. The molecule has 4 aromatic rings. The Labute approximate surface area is 154 Å². The van der Waals surface area contributed by atoms with Crippen molar-refractivity contribution in [3.63, 3.8) is 0 Å². The summed E-state index contributed by atoms with van der Waals surface area (Å²) in [7, 11) is 0. The minimum atomic E-state index is -0.292. The molecule has 0 atom stereocenters. The van der Waals surface area contributed by atoms with Crippen LogP contribution in [-0.4, -0.2) is 10.8 Å². The molecule has 130 valence electrons. The largest absolute Gasteiger partial charge is 0.452 e. The molecule has 0 amide bonds. The summed E-state index contributed by atoms with van der Waals surface area (Å²) < 4.78 is 19.1. The molecule has 0 saturated heterocycles. The van der Waals surface area contributed by atoms with E-state index in [1.807, 2.05) is 36.4 Å². The van der Waals surface area contributed by atoms with Crippen LogP contribution in [0.15, 0.2) is 78.6 Å². The summed E-state index contributed by atoms with van der Waals surface area (Å²) in [5, 5.41) is 0.969. The zero-order chi connectivity index (χ0) is 18.4. The van der Waals surface area contributed by atoms with Crippen molar-refractivity contribution in [3.8, 4) is 17.0 Å². The van der Waals surface area contributed by atoms with Gasteiger partial charge in [-0.25, -0.2) is 4.39 Å². The first-order valence-electron chi connectivity index (χ1n) is 8.60. The number of ketones is 1. The van der Waals surface area contributed by atoms with Gasteiger partial charge in [-0.15, -0.1) is 0 Å². The summed E-state index contributed by atoms with van der Waals surface area (Å²) in [6.45, 7) is 0. The Hall–Kier alpha value is -3.66. The van der Waals surface area contributed by atoms with Gasteiger partial charge in [0.15, 0.2) is 5.76 Å². The van der Waals surface area contributed by atoms with E-state index in [9.17, 15) is 9.18 Å². The first-order valence-corrected chi connectivity index (χ1v) is 8.60. The Balaban J connectivity index is 1.70. The van der Waals surface area contributed by atoms with Crippen LogP contribution < -0.4 is 4.74 Å². The minimum Gasteiger partial charge on any atom is -0.452 e. The standard InChI is InChI=1S/C23H14FNO2/c24-15-11-9-14(10-12-15)22-18(16-5-1-3-7-19(16)25-22)13-21-23(26)17-6-2-4-8-20(17)27-21/h1-13,25H. The number of H-pyrrole nitrogens is 1. The molecule has 0 spiro atoms. The highest BCUT2D eigenvalue weighted by Crippen LogP contribution is 2.36. The van der Waals surface area contributed by atoms with Gasteiger partial charge < -0.3 is 9.72 Å². The van der Waals surface area contributed by atoms with Crippen LogP contribution in [0.25, 0.3) is 28.2 Å². The number of para-hydroxylation sites is 2. The average molecular weight is 355 g/mol. The predicted octanol–water partition coefficient (Wildman–Crippen LogP) is 5.59. The van der Waals surface area contributed by atoms with Gasteiger partial charge in [0.05, 0.1) is 11.3 Å². The molecule has 5 rings (SSSR count). The molecule has 1 aliphatic rings. The van der Waals surface area contributed by atoms with E-state index in [2.05, 4.69) is 4.98 Å². The Morgan fingerprint density at radius 1 is 0.889 bits per heavy atom. The summed E-state index contributed by atoms with van der Waals surface area (Å²) in [4.78, 5) is 16.1. The van der Waals surface area contributed by atoms with Crippen molar-refractivity contribution in [2.75, 3.05) is 0 Å². The molecule has 2 heterocycles. The molecule has 0 saturated carbocycles. The van der Waals surface area contributed by atoms with Crippen molar-refractivity contribution >= 4 is 22.8 Å². The van der Waals surface area contributed by atoms with Gasteiger partial charge in [0.2, 0.25) is 5.78 Å². The van der Waals surface area contributed by atoms with E-state index in [0.29, 0.717) is 11.3 Å². The number of ether oxygens (including phenoxy) is 1. The third-order valence-corrected chi connectivity index (χ3v) is 4.73. The Morgan fingerprint density at radius 3 is 2.44 bits per heavy atom. The van der Waals surface area contributed by atoms with Gasteiger partial charge in [-0.1, -0.05) is 30.3 Å². The highest BCUT2D eigenvalue weighted by atomic mass is 19.1. The van der Waals surface area contributed by atoms with Gasteiger partial charge in [-0.05, 0) is 54.1 Å². The lowest BCUT2D eigenvalue weighted by Crippen LogP contribution is -1.98. The predicted molar refractivity (Wildman–Crippen MR) is 103 cm³/mol. The maximum Gasteiger partial charge on any atom is 0.231 e. The van der Waals surface area contributed by atoms with Crippen LogP contribution in [0.3, 0.4) is 0 Å². The lowest BCUT2D eigenvalue weighted by molar-refractivity contribution is 0.101. The van der Waals surface area contributed by atoms with Gasteiger partial charge in [-0.2, -0.15) is 0 Å². The maximum atomic E-state index is 13.4. The number of Topliss-reactive ketones (excluding diaryl/α,β-unsaturated/α-hetero) is 1. The highest BCUT2D eigenvalue weighted by Gasteiger charge is 2.27. The molecule has 1 aromatic heterocycles. The van der Waals surface area contributed by atoms with E-state index in [4.69, 9.17) is 4.74 Å². The van der Waals surface area contributed by atoms with Crippen molar-refractivity contribution in [1.29, 1.82) is 0 Å². The van der Waals surface area contributed by atoms with E-state index in [1.54, 1.807) is 30.3 Å². The smallest absolute Gasteiger partial charge is 0.231 e. The number of benzene rings is 3. The maximum absolute atomic E-state index is 13.4. The normalized spacial score (nSPS) is 14.6. The number of halogens is 1. The molecule has 3 aromatic carbocycles. The number of aromatic amines is 1. The molecule has 1 aliphatic heterocycles. The van der Waals surface area contributed by atoms with Crippen LogP contribution >= 0.6 is 0 Å². The van der Waals surface area contributed by atoms with Crippen molar-refractivity contribution in [3.05, 3.63) is 95.5 Å². The minimum absolute atomic E-state index is 0.138. The number of allylic oxidation sites excluding steroid dienone is 1. The quantitative estimate of drug-likeness (QED) is 0.476. The molecule has 0 bridgehead atoms. The number of hydrogen-bond acceptors (Lipinski definition) is 2. The Bertz CT molecular complexity index is 1220. The average Bonchev–Trinajstić information content (AvgIpc) is 3.22. The topological polar surface area (TPSA) is 42.1 Å². The van der Waals surface area contributed by atoms with Crippen LogP contribution in [0.5, 0.6) is 5.75 Å². The Kier molecular flexibility index (Phi) is 3.44. The van der Waals surface area contributed by atoms with Gasteiger partial charge in [0.25, 0.3) is 0 Å². The molecule has 4 heteroatoms. The molecular weight excluding hydrogens is 341 g/mol. The van der Waals surface area contributed by atoms with Crippen molar-refractivity contribution in [1.82, 2.24) is 4.98 Å². The lowest BCUT2D eigenvalue weighted by Gasteiger charge is -2.03. The molecule has 0 fully saturated rings. The third-order valence-electron chi connectivity index (χ3n) is 4.73. The van der Waals surface area contributed by atoms with Gasteiger partial charge in [0, 0.05) is 16.5 Å². The van der Waals surface area contributed by atoms with Crippen LogP contribution in [-0.2, 0) is 0 Å². The summed E-state index contributed by atoms with van der Waals surface area (Å²) in [6.07, 6.45) is 1.76. The molecule has 1 N–H and O–H groups in total. The van der Waals surface area contributed by atoms with E-state index in [0.717, 1.165) is 27.7 Å². The molecule has 0 aliphatic carbocycles. The van der Waals surface area contributed by atoms with Crippen molar-refractivity contribution in [2.45, 2.75) is 0 Å². The fourth-order valence-electron chi connectivity index (χ4n) is 3.42. The van der Waals surface area contributed by atoms with Gasteiger partial charge in [-0.3, -0.25) is 4.79 Å². The Morgan fingerprint density at radius 2 is 1.63 bits per heavy atom. The molecule has 0 radical (unpaired) electrons. The monoisotopic (exact) mass is 355 g/mol. The number of aromatic nitrogens is 1.